The number of hydrogen-bond acceptors (Lipinski definition) is 7. The summed E-state index contributed by atoms with van der Waals surface area (Å²) in [7, 11) is 0. The van der Waals surface area contributed by atoms with Gasteiger partial charge in [0.1, 0.15) is 18.3 Å². The van der Waals surface area contributed by atoms with Crippen molar-refractivity contribution in [2.24, 2.45) is 22.7 Å². The Balaban J connectivity index is 1.80. The molecule has 7 heteroatoms. The van der Waals surface area contributed by atoms with E-state index < -0.39 is 52.7 Å². The Morgan fingerprint density at radius 3 is 2.58 bits per heavy atom. The lowest BCUT2D eigenvalue weighted by atomic mass is 9.44. The average Bonchev–Trinajstić information content (AvgIpc) is 3.14. The molecule has 0 amide bonds. The second-order valence-corrected chi connectivity index (χ2v) is 11.4. The monoisotopic (exact) mass is 460 g/mol. The number of aliphatic hydroxyl groups is 2. The van der Waals surface area contributed by atoms with Gasteiger partial charge >= 0.3 is 5.97 Å². The summed E-state index contributed by atoms with van der Waals surface area (Å²) in [6.07, 6.45) is 3.11. The highest BCUT2D eigenvalue weighted by Crippen LogP contribution is 2.66. The molecule has 1 saturated carbocycles. The van der Waals surface area contributed by atoms with Crippen LogP contribution < -0.4 is 0 Å². The predicted octanol–water partition coefficient (Wildman–Crippen LogP) is 2.66. The van der Waals surface area contributed by atoms with Crippen LogP contribution in [0.1, 0.15) is 48.0 Å². The van der Waals surface area contributed by atoms with Gasteiger partial charge in [0.15, 0.2) is 11.9 Å². The first-order chi connectivity index (χ1) is 15.3. The van der Waals surface area contributed by atoms with E-state index in [1.54, 1.807) is 6.08 Å². The second-order valence-electron chi connectivity index (χ2n) is 11.4. The largest absolute Gasteiger partial charge is 0.453 e. The Hall–Kier alpha value is -1.51. The Kier molecular flexibility index (Phi) is 4.94. The lowest BCUT2D eigenvalue weighted by molar-refractivity contribution is -0.306. The van der Waals surface area contributed by atoms with Crippen molar-refractivity contribution in [2.45, 2.75) is 89.9 Å². The van der Waals surface area contributed by atoms with Gasteiger partial charge < -0.3 is 29.2 Å². The van der Waals surface area contributed by atoms with Gasteiger partial charge in [-0.1, -0.05) is 46.4 Å². The zero-order valence-corrected chi connectivity index (χ0v) is 20.3. The molecule has 5 aliphatic rings. The molecule has 0 aromatic heterocycles. The fraction of sp³-hybridized carbons (Fsp3) is 0.731. The van der Waals surface area contributed by atoms with Crippen molar-refractivity contribution in [2.75, 3.05) is 6.61 Å². The van der Waals surface area contributed by atoms with Crippen molar-refractivity contribution >= 4 is 5.97 Å². The molecule has 2 bridgehead atoms. The molecule has 2 aliphatic heterocycles. The van der Waals surface area contributed by atoms with Gasteiger partial charge in [-0.3, -0.25) is 4.79 Å². The van der Waals surface area contributed by atoms with Crippen molar-refractivity contribution in [1.29, 1.82) is 0 Å². The molecule has 0 unspecified atom stereocenters. The smallest absolute Gasteiger partial charge is 0.303 e. The van der Waals surface area contributed by atoms with Crippen LogP contribution in [0.25, 0.3) is 0 Å². The van der Waals surface area contributed by atoms with E-state index in [4.69, 9.17) is 18.9 Å². The zero-order chi connectivity index (χ0) is 24.1. The molecule has 2 N–H and O–H groups in total. The fourth-order valence-corrected chi connectivity index (χ4v) is 7.89. The number of ether oxygens (including phenoxy) is 4. The van der Waals surface area contributed by atoms with Crippen molar-refractivity contribution in [1.82, 2.24) is 0 Å². The minimum Gasteiger partial charge on any atom is -0.453 e. The summed E-state index contributed by atoms with van der Waals surface area (Å²) in [5.74, 6) is -1.09. The minimum absolute atomic E-state index is 0.192. The van der Waals surface area contributed by atoms with Crippen molar-refractivity contribution in [3.8, 4) is 0 Å². The summed E-state index contributed by atoms with van der Waals surface area (Å²) in [5.41, 5.74) is -1.88. The molecule has 10 atom stereocenters. The van der Waals surface area contributed by atoms with E-state index >= 15 is 0 Å². The van der Waals surface area contributed by atoms with Crippen molar-refractivity contribution < 1.29 is 34.0 Å². The van der Waals surface area contributed by atoms with Gasteiger partial charge in [0.25, 0.3) is 0 Å². The minimum atomic E-state index is -1.29. The number of carbonyl (C=O) groups excluding carboxylic acids is 1. The Morgan fingerprint density at radius 1 is 1.30 bits per heavy atom. The van der Waals surface area contributed by atoms with Crippen LogP contribution in [0, 0.1) is 22.7 Å². The van der Waals surface area contributed by atoms with Crippen LogP contribution in [0.15, 0.2) is 36.0 Å². The van der Waals surface area contributed by atoms with Crippen LogP contribution in [-0.2, 0) is 23.7 Å². The first-order valence-corrected chi connectivity index (χ1v) is 11.9. The molecule has 2 heterocycles. The molecule has 0 radical (unpaired) electrons. The molecule has 7 nitrogen and oxygen atoms in total. The molecule has 0 spiro atoms. The first-order valence-electron chi connectivity index (χ1n) is 11.9. The van der Waals surface area contributed by atoms with Crippen molar-refractivity contribution in [3.63, 3.8) is 0 Å². The van der Waals surface area contributed by atoms with Gasteiger partial charge in [-0.2, -0.15) is 0 Å². The van der Waals surface area contributed by atoms with E-state index in [1.807, 2.05) is 33.8 Å². The molecule has 0 aromatic carbocycles. The highest BCUT2D eigenvalue weighted by atomic mass is 16.7. The van der Waals surface area contributed by atoms with E-state index in [0.717, 1.165) is 11.1 Å². The summed E-state index contributed by atoms with van der Waals surface area (Å²) in [6.45, 7) is 15.6. The molecule has 3 fully saturated rings. The van der Waals surface area contributed by atoms with Gasteiger partial charge in [0, 0.05) is 30.1 Å². The van der Waals surface area contributed by atoms with E-state index in [9.17, 15) is 15.0 Å². The number of aliphatic hydroxyl groups excluding tert-OH is 1. The van der Waals surface area contributed by atoms with Crippen LogP contribution in [-0.4, -0.2) is 64.7 Å². The Morgan fingerprint density at radius 2 is 2.00 bits per heavy atom. The Labute approximate surface area is 195 Å². The molecule has 0 aromatic rings. The van der Waals surface area contributed by atoms with Crippen LogP contribution in [0.4, 0.5) is 0 Å². The number of carbonyl (C=O) groups is 1. The first kappa shape index (κ1) is 23.2. The maximum absolute atomic E-state index is 12.4. The Bertz CT molecular complexity index is 952. The number of hydrogen-bond donors (Lipinski definition) is 2. The molecular formula is C26H36O7. The third-order valence-electron chi connectivity index (χ3n) is 9.50. The molecular weight excluding hydrogens is 424 g/mol. The predicted molar refractivity (Wildman–Crippen MR) is 120 cm³/mol. The quantitative estimate of drug-likeness (QED) is 0.483. The highest BCUT2D eigenvalue weighted by Gasteiger charge is 2.73. The SMILES string of the molecule is C=C[C@@H]1O[C@@H]2C3=C(C)[C@@H](O)C[C@@](O)([C@@H](C)[C@H]4[C@@](C)(C=C[C@H]5OC[C@@]54OC(C)=O)[C@@H]2O1)C3(C)C. The van der Waals surface area contributed by atoms with Gasteiger partial charge in [-0.25, -0.2) is 0 Å². The maximum atomic E-state index is 12.4. The summed E-state index contributed by atoms with van der Waals surface area (Å²) in [5, 5.41) is 23.6. The molecule has 3 aliphatic carbocycles. The zero-order valence-electron chi connectivity index (χ0n) is 20.3. The third-order valence-corrected chi connectivity index (χ3v) is 9.50. The topological polar surface area (TPSA) is 94.5 Å². The number of rotatable bonds is 2. The fourth-order valence-electron chi connectivity index (χ4n) is 7.89. The maximum Gasteiger partial charge on any atom is 0.303 e. The van der Waals surface area contributed by atoms with Gasteiger partial charge in [0.2, 0.25) is 0 Å². The number of fused-ring (bicyclic) bond motifs is 8. The van der Waals surface area contributed by atoms with Gasteiger partial charge in [-0.05, 0) is 30.1 Å². The molecule has 2 saturated heterocycles. The second kappa shape index (κ2) is 7.01. The molecule has 5 rings (SSSR count). The molecule has 33 heavy (non-hydrogen) atoms. The van der Waals surface area contributed by atoms with Crippen LogP contribution in [0.3, 0.4) is 0 Å². The normalized spacial score (nSPS) is 51.9. The standard InChI is InChI=1S/C26H36O7/c1-8-18-31-20-19-13(2)16(28)11-26(29,23(19,5)6)14(3)21-24(7,22(20)32-18)10-9-17-25(21,12-30-17)33-15(4)27/h8-10,14,16-18,20-22,28-29H,1,11-12H2,2-7H3/t14-,16-,17+,18+,20+,21-,22+,24+,25+,26+/m0/s1. The summed E-state index contributed by atoms with van der Waals surface area (Å²) in [4.78, 5) is 12.3. The number of esters is 1. The lowest BCUT2D eigenvalue weighted by Crippen LogP contribution is -2.76. The van der Waals surface area contributed by atoms with Crippen LogP contribution >= 0.6 is 0 Å². The van der Waals surface area contributed by atoms with E-state index in [-0.39, 0.29) is 30.8 Å². The molecule has 182 valence electrons. The third kappa shape index (κ3) is 2.71. The summed E-state index contributed by atoms with van der Waals surface area (Å²) >= 11 is 0. The highest BCUT2D eigenvalue weighted by molar-refractivity contribution is 5.67. The van der Waals surface area contributed by atoms with Gasteiger partial charge in [-0.15, -0.1) is 0 Å². The van der Waals surface area contributed by atoms with Crippen molar-refractivity contribution in [3.05, 3.63) is 36.0 Å². The van der Waals surface area contributed by atoms with Crippen LogP contribution in [0.5, 0.6) is 0 Å². The summed E-state index contributed by atoms with van der Waals surface area (Å²) < 4.78 is 24.7. The van der Waals surface area contributed by atoms with E-state index in [1.165, 1.54) is 6.92 Å². The summed E-state index contributed by atoms with van der Waals surface area (Å²) in [6, 6.07) is 0. The van der Waals surface area contributed by atoms with E-state index in [0.29, 0.717) is 0 Å². The van der Waals surface area contributed by atoms with Crippen LogP contribution in [0.2, 0.25) is 0 Å². The lowest BCUT2D eigenvalue weighted by Gasteiger charge is -2.66. The van der Waals surface area contributed by atoms with Gasteiger partial charge in [0.05, 0.1) is 18.3 Å². The average molecular weight is 461 g/mol. The van der Waals surface area contributed by atoms with E-state index in [2.05, 4.69) is 19.6 Å².